The van der Waals surface area contributed by atoms with Crippen LogP contribution < -0.4 is 16.4 Å². The van der Waals surface area contributed by atoms with Crippen LogP contribution in [-0.2, 0) is 6.42 Å². The third-order valence-electron chi connectivity index (χ3n) is 3.76. The Hall–Kier alpha value is -3.32. The number of rotatable bonds is 5. The summed E-state index contributed by atoms with van der Waals surface area (Å²) >= 11 is 5.87. The summed E-state index contributed by atoms with van der Waals surface area (Å²) in [5, 5.41) is 6.43. The second-order valence-corrected chi connectivity index (χ2v) is 6.17. The normalized spacial score (nSPS) is 11.2. The van der Waals surface area contributed by atoms with E-state index in [4.69, 9.17) is 17.3 Å². The van der Waals surface area contributed by atoms with Crippen molar-refractivity contribution in [1.82, 2.24) is 15.3 Å². The van der Waals surface area contributed by atoms with Crippen LogP contribution in [0.1, 0.15) is 16.1 Å². The van der Waals surface area contributed by atoms with Gasteiger partial charge in [-0.3, -0.25) is 15.1 Å². The predicted octanol–water partition coefficient (Wildman–Crippen LogP) is 3.09. The van der Waals surface area contributed by atoms with Crippen LogP contribution in [0.3, 0.4) is 0 Å². The number of nitrogens with zero attached hydrogens (tertiary/aromatic N) is 2. The molecule has 3 aromatic rings. The number of amides is 1. The van der Waals surface area contributed by atoms with Crippen molar-refractivity contribution in [1.29, 1.82) is 0 Å². The lowest BCUT2D eigenvalue weighted by atomic mass is 10.2. The number of halogens is 1. The Morgan fingerprint density at radius 3 is 2.67 bits per heavy atom. The molecule has 0 bridgehead atoms. The van der Waals surface area contributed by atoms with E-state index in [1.54, 1.807) is 42.9 Å². The van der Waals surface area contributed by atoms with E-state index in [9.17, 15) is 4.79 Å². The summed E-state index contributed by atoms with van der Waals surface area (Å²) in [4.78, 5) is 24.0. The van der Waals surface area contributed by atoms with Crippen molar-refractivity contribution in [2.24, 2.45) is 4.99 Å². The number of para-hydroxylation sites is 2. The number of benzene rings is 2. The molecule has 0 saturated carbocycles. The van der Waals surface area contributed by atoms with Crippen LogP contribution in [0.4, 0.5) is 11.4 Å². The molecule has 0 aliphatic rings. The monoisotopic (exact) mass is 382 g/mol. The van der Waals surface area contributed by atoms with Gasteiger partial charge in [0, 0.05) is 35.4 Å². The van der Waals surface area contributed by atoms with Gasteiger partial charge in [0.1, 0.15) is 0 Å². The summed E-state index contributed by atoms with van der Waals surface area (Å²) in [5.41, 5.74) is 8.63. The molecule has 1 amide bonds. The number of nitrogens with two attached hydrogens (primary N) is 1. The molecule has 1 aromatic heterocycles. The van der Waals surface area contributed by atoms with E-state index >= 15 is 0 Å². The lowest BCUT2D eigenvalue weighted by Crippen LogP contribution is -2.36. The van der Waals surface area contributed by atoms with Gasteiger partial charge in [0.25, 0.3) is 5.91 Å². The Morgan fingerprint density at radius 1 is 1.19 bits per heavy atom. The van der Waals surface area contributed by atoms with Crippen LogP contribution in [0.2, 0.25) is 5.02 Å². The third-order valence-corrected chi connectivity index (χ3v) is 4.01. The van der Waals surface area contributed by atoms with Crippen molar-refractivity contribution < 1.29 is 4.79 Å². The molecule has 0 aliphatic carbocycles. The minimum atomic E-state index is -0.297. The Morgan fingerprint density at radius 2 is 1.96 bits per heavy atom. The van der Waals surface area contributed by atoms with Crippen LogP contribution in [-0.4, -0.2) is 28.4 Å². The number of nitrogen functional groups attached to an aromatic ring is 1. The average molecular weight is 383 g/mol. The van der Waals surface area contributed by atoms with Gasteiger partial charge < -0.3 is 16.0 Å². The Labute approximate surface area is 161 Å². The molecule has 7 nitrogen and oxygen atoms in total. The molecule has 8 heteroatoms. The number of anilines is 2. The smallest absolute Gasteiger partial charge is 0.257 e. The second-order valence-electron chi connectivity index (χ2n) is 5.73. The first-order chi connectivity index (χ1) is 13.1. The number of imidazole rings is 1. The summed E-state index contributed by atoms with van der Waals surface area (Å²) in [5.74, 6) is 0.0151. The molecule has 2 aromatic carbocycles. The molecule has 0 aliphatic heterocycles. The molecule has 0 saturated heterocycles. The van der Waals surface area contributed by atoms with Gasteiger partial charge in [-0.05, 0) is 36.4 Å². The van der Waals surface area contributed by atoms with Crippen LogP contribution in [0.15, 0.2) is 66.0 Å². The van der Waals surface area contributed by atoms with Crippen LogP contribution in [0.5, 0.6) is 0 Å². The van der Waals surface area contributed by atoms with Crippen LogP contribution in [0, 0.1) is 0 Å². The Bertz CT molecular complexity index is 922. The topological polar surface area (TPSA) is 108 Å². The SMILES string of the molecule is Nc1ccccc1NC(=NCCc1cnc[nH]1)NC(=O)c1ccc(Cl)cc1. The van der Waals surface area contributed by atoms with Crippen LogP contribution >= 0.6 is 11.6 Å². The van der Waals surface area contributed by atoms with E-state index in [2.05, 4.69) is 25.6 Å². The fraction of sp³-hybridized carbons (Fsp3) is 0.105. The largest absolute Gasteiger partial charge is 0.397 e. The van der Waals surface area contributed by atoms with Gasteiger partial charge in [-0.25, -0.2) is 4.98 Å². The molecule has 0 radical (unpaired) electrons. The Kier molecular flexibility index (Phi) is 6.06. The van der Waals surface area contributed by atoms with Gasteiger partial charge in [0.2, 0.25) is 5.96 Å². The van der Waals surface area contributed by atoms with Crippen molar-refractivity contribution in [2.75, 3.05) is 17.6 Å². The number of carbonyl (C=O) groups excluding carboxylic acids is 1. The predicted molar refractivity (Wildman–Crippen MR) is 108 cm³/mol. The zero-order chi connectivity index (χ0) is 19.1. The second kappa shape index (κ2) is 8.86. The van der Waals surface area contributed by atoms with Gasteiger partial charge in [-0.15, -0.1) is 0 Å². The number of hydrogen-bond acceptors (Lipinski definition) is 4. The number of guanidine groups is 1. The molecule has 138 valence electrons. The third kappa shape index (κ3) is 5.32. The van der Waals surface area contributed by atoms with Crippen molar-refractivity contribution in [3.63, 3.8) is 0 Å². The number of nitrogens with one attached hydrogen (secondary N) is 3. The van der Waals surface area contributed by atoms with Crippen LogP contribution in [0.25, 0.3) is 0 Å². The highest BCUT2D eigenvalue weighted by Gasteiger charge is 2.10. The highest BCUT2D eigenvalue weighted by Crippen LogP contribution is 2.16. The van der Waals surface area contributed by atoms with E-state index < -0.39 is 0 Å². The lowest BCUT2D eigenvalue weighted by molar-refractivity contribution is 0.0977. The molecular weight excluding hydrogens is 364 g/mol. The first kappa shape index (κ1) is 18.5. The van der Waals surface area contributed by atoms with E-state index in [1.165, 1.54) is 0 Å². The number of aromatic nitrogens is 2. The molecular formula is C19H19ClN6O. The fourth-order valence-electron chi connectivity index (χ4n) is 2.34. The molecule has 1 heterocycles. The maximum Gasteiger partial charge on any atom is 0.257 e. The standard InChI is InChI=1S/C19H19ClN6O/c20-14-7-5-13(6-8-14)18(27)26-19(23-10-9-15-11-22-12-24-15)25-17-4-2-1-3-16(17)21/h1-8,11-12H,9-10,21H2,(H,22,24)(H2,23,25,26,27). The zero-order valence-corrected chi connectivity index (χ0v) is 15.2. The molecule has 0 fully saturated rings. The molecule has 0 unspecified atom stereocenters. The number of aromatic amines is 1. The van der Waals surface area contributed by atoms with Gasteiger partial charge in [0.15, 0.2) is 0 Å². The van der Waals surface area contributed by atoms with Crippen molar-refractivity contribution in [2.45, 2.75) is 6.42 Å². The maximum absolute atomic E-state index is 12.5. The Balaban J connectivity index is 1.74. The lowest BCUT2D eigenvalue weighted by Gasteiger charge is -2.13. The minimum Gasteiger partial charge on any atom is -0.397 e. The summed E-state index contributed by atoms with van der Waals surface area (Å²) in [6, 6.07) is 13.9. The molecule has 3 rings (SSSR count). The van der Waals surface area contributed by atoms with E-state index in [0.29, 0.717) is 40.9 Å². The van der Waals surface area contributed by atoms with Gasteiger partial charge in [-0.1, -0.05) is 23.7 Å². The van der Waals surface area contributed by atoms with Crippen molar-refractivity contribution >= 4 is 34.8 Å². The van der Waals surface area contributed by atoms with Crippen molar-refractivity contribution in [3.05, 3.63) is 77.3 Å². The molecule has 0 atom stereocenters. The quantitative estimate of drug-likeness (QED) is 0.309. The van der Waals surface area contributed by atoms with Gasteiger partial charge in [-0.2, -0.15) is 0 Å². The summed E-state index contributed by atoms with van der Waals surface area (Å²) in [7, 11) is 0. The highest BCUT2D eigenvalue weighted by atomic mass is 35.5. The maximum atomic E-state index is 12.5. The number of hydrogen-bond donors (Lipinski definition) is 4. The molecule has 27 heavy (non-hydrogen) atoms. The van der Waals surface area contributed by atoms with E-state index in [-0.39, 0.29) is 5.91 Å². The first-order valence-corrected chi connectivity index (χ1v) is 8.70. The summed E-state index contributed by atoms with van der Waals surface area (Å²) in [6.45, 7) is 0.457. The summed E-state index contributed by atoms with van der Waals surface area (Å²) in [6.07, 6.45) is 4.02. The highest BCUT2D eigenvalue weighted by molar-refractivity contribution is 6.30. The average Bonchev–Trinajstić information content (AvgIpc) is 3.17. The van der Waals surface area contributed by atoms with Gasteiger partial charge >= 0.3 is 0 Å². The molecule has 0 spiro atoms. The minimum absolute atomic E-state index is 0.297. The number of aliphatic imine (C=N–C) groups is 1. The first-order valence-electron chi connectivity index (χ1n) is 8.32. The summed E-state index contributed by atoms with van der Waals surface area (Å²) < 4.78 is 0. The van der Waals surface area contributed by atoms with E-state index in [0.717, 1.165) is 5.69 Å². The fourth-order valence-corrected chi connectivity index (χ4v) is 2.47. The number of H-pyrrole nitrogens is 1. The zero-order valence-electron chi connectivity index (χ0n) is 14.4. The van der Waals surface area contributed by atoms with Crippen molar-refractivity contribution in [3.8, 4) is 0 Å². The van der Waals surface area contributed by atoms with E-state index in [1.807, 2.05) is 18.2 Å². The van der Waals surface area contributed by atoms with Gasteiger partial charge in [0.05, 0.1) is 17.7 Å². The number of carbonyl (C=O) groups is 1. The molecule has 5 N–H and O–H groups in total.